The van der Waals surface area contributed by atoms with Crippen LogP contribution in [0.5, 0.6) is 11.5 Å². The van der Waals surface area contributed by atoms with Gasteiger partial charge in [-0.15, -0.1) is 0 Å². The van der Waals surface area contributed by atoms with E-state index in [2.05, 4.69) is 13.5 Å². The van der Waals surface area contributed by atoms with Crippen molar-refractivity contribution in [3.8, 4) is 22.6 Å². The average Bonchev–Trinajstić information content (AvgIpc) is 2.99. The maximum atomic E-state index is 14.8. The van der Waals surface area contributed by atoms with E-state index < -0.39 is 11.9 Å². The molecule has 3 aromatic carbocycles. The molecule has 0 N–H and O–H groups in total. The summed E-state index contributed by atoms with van der Waals surface area (Å²) < 4.78 is 31.0. The van der Waals surface area contributed by atoms with E-state index in [0.717, 1.165) is 63.0 Å². The van der Waals surface area contributed by atoms with Crippen LogP contribution in [0.1, 0.15) is 78.1 Å². The third-order valence-corrected chi connectivity index (χ3v) is 6.56. The van der Waals surface area contributed by atoms with Crippen molar-refractivity contribution in [2.75, 3.05) is 13.2 Å². The van der Waals surface area contributed by atoms with Crippen LogP contribution in [0, 0.1) is 5.82 Å². The molecule has 0 aliphatic heterocycles. The number of hydrogen-bond donors (Lipinski definition) is 0. The minimum absolute atomic E-state index is 0.102. The molecule has 0 heterocycles. The van der Waals surface area contributed by atoms with Crippen molar-refractivity contribution < 1.29 is 33.0 Å². The van der Waals surface area contributed by atoms with Crippen LogP contribution in [0.15, 0.2) is 73.3 Å². The number of carbonyl (C=O) groups is 3. The predicted octanol–water partition coefficient (Wildman–Crippen LogP) is 7.93. The van der Waals surface area contributed by atoms with Crippen LogP contribution in [0.4, 0.5) is 4.39 Å². The fraction of sp³-hybridized carbons (Fsp3) is 0.324. The van der Waals surface area contributed by atoms with Gasteiger partial charge in [0.2, 0.25) is 0 Å². The van der Waals surface area contributed by atoms with Gasteiger partial charge in [0, 0.05) is 11.6 Å². The summed E-state index contributed by atoms with van der Waals surface area (Å²) in [6.45, 7) is 6.39. The highest BCUT2D eigenvalue weighted by molar-refractivity contribution is 5.93. The quantitative estimate of drug-likeness (QED) is 0.0549. The summed E-state index contributed by atoms with van der Waals surface area (Å²) in [6, 6.07) is 16.4. The molecule has 7 heteroatoms. The van der Waals surface area contributed by atoms with Crippen LogP contribution in [0.25, 0.3) is 11.1 Å². The number of rotatable bonds is 17. The normalized spacial score (nSPS) is 10.6. The van der Waals surface area contributed by atoms with Crippen molar-refractivity contribution in [2.24, 2.45) is 0 Å². The topological polar surface area (TPSA) is 78.9 Å². The van der Waals surface area contributed by atoms with Crippen molar-refractivity contribution in [1.82, 2.24) is 0 Å². The molecule has 0 unspecified atom stereocenters. The Morgan fingerprint density at radius 1 is 0.878 bits per heavy atom. The molecule has 0 saturated carbocycles. The van der Waals surface area contributed by atoms with Gasteiger partial charge in [0.15, 0.2) is 6.29 Å². The monoisotopic (exact) mass is 560 g/mol. The molecule has 0 radical (unpaired) electrons. The number of halogens is 1. The van der Waals surface area contributed by atoms with Crippen LogP contribution in [0.2, 0.25) is 0 Å². The Balaban J connectivity index is 1.51. The number of aldehydes is 1. The highest BCUT2D eigenvalue weighted by Gasteiger charge is 2.15. The second-order valence-electron chi connectivity index (χ2n) is 9.69. The van der Waals surface area contributed by atoms with E-state index in [0.29, 0.717) is 41.9 Å². The van der Waals surface area contributed by atoms with Gasteiger partial charge >= 0.3 is 11.9 Å². The smallest absolute Gasteiger partial charge is 0.343 e. The first kappa shape index (κ1) is 31.3. The third-order valence-electron chi connectivity index (χ3n) is 6.56. The summed E-state index contributed by atoms with van der Waals surface area (Å²) >= 11 is 0. The first-order valence-corrected chi connectivity index (χ1v) is 14.1. The summed E-state index contributed by atoms with van der Waals surface area (Å²) in [4.78, 5) is 35.5. The number of carbonyl (C=O) groups excluding carboxylic acids is 3. The van der Waals surface area contributed by atoms with Crippen molar-refractivity contribution in [2.45, 2.75) is 58.3 Å². The molecule has 3 aromatic rings. The molecule has 0 spiro atoms. The second-order valence-corrected chi connectivity index (χ2v) is 9.69. The maximum Gasteiger partial charge on any atom is 0.343 e. The Hall–Kier alpha value is -4.26. The van der Waals surface area contributed by atoms with Gasteiger partial charge in [-0.1, -0.05) is 44.5 Å². The molecule has 6 nitrogen and oxygen atoms in total. The standard InChI is InChI=1S/C34H37FO6/c1-3-5-8-11-25-12-18-30(31(35)22-25)27-15-19-32(28(23-27)24-36)41-34(38)26-13-16-29(17-14-26)39-20-9-6-7-10-21-40-33(37)4-2/h4,12-19,22-24H,2-3,5-11,20-21H2,1H3. The predicted molar refractivity (Wildman–Crippen MR) is 157 cm³/mol. The largest absolute Gasteiger partial charge is 0.494 e. The van der Waals surface area contributed by atoms with E-state index in [9.17, 15) is 18.8 Å². The first-order chi connectivity index (χ1) is 19.9. The summed E-state index contributed by atoms with van der Waals surface area (Å²) in [5, 5.41) is 0. The number of ether oxygens (including phenoxy) is 3. The Labute approximate surface area is 241 Å². The van der Waals surface area contributed by atoms with Crippen molar-refractivity contribution in [3.05, 3.63) is 95.8 Å². The molecule has 0 bridgehead atoms. The minimum Gasteiger partial charge on any atom is -0.494 e. The van der Waals surface area contributed by atoms with Gasteiger partial charge in [-0.2, -0.15) is 0 Å². The van der Waals surface area contributed by atoms with E-state index in [1.807, 2.05) is 6.07 Å². The third kappa shape index (κ3) is 10.0. The zero-order valence-electron chi connectivity index (χ0n) is 23.5. The van der Waals surface area contributed by atoms with Gasteiger partial charge < -0.3 is 14.2 Å². The Morgan fingerprint density at radius 3 is 2.32 bits per heavy atom. The van der Waals surface area contributed by atoms with Crippen LogP contribution >= 0.6 is 0 Å². The van der Waals surface area contributed by atoms with Crippen LogP contribution in [0.3, 0.4) is 0 Å². The fourth-order valence-electron chi connectivity index (χ4n) is 4.25. The molecular formula is C34H37FO6. The van der Waals surface area contributed by atoms with Crippen LogP contribution < -0.4 is 9.47 Å². The van der Waals surface area contributed by atoms with Crippen molar-refractivity contribution in [3.63, 3.8) is 0 Å². The van der Waals surface area contributed by atoms with Crippen molar-refractivity contribution >= 4 is 18.2 Å². The summed E-state index contributed by atoms with van der Waals surface area (Å²) in [6.07, 6.45) is 9.27. The average molecular weight is 561 g/mol. The minimum atomic E-state index is -0.618. The first-order valence-electron chi connectivity index (χ1n) is 14.1. The summed E-state index contributed by atoms with van der Waals surface area (Å²) in [7, 11) is 0. The fourth-order valence-corrected chi connectivity index (χ4v) is 4.25. The highest BCUT2D eigenvalue weighted by atomic mass is 19.1. The zero-order chi connectivity index (χ0) is 29.5. The van der Waals surface area contributed by atoms with Gasteiger partial charge in [0.25, 0.3) is 0 Å². The van der Waals surface area contributed by atoms with E-state index >= 15 is 0 Å². The SMILES string of the molecule is C=CC(=O)OCCCCCCOc1ccc(C(=O)Oc2ccc(-c3ccc(CCCCC)cc3F)cc2C=O)cc1. The Morgan fingerprint density at radius 2 is 1.63 bits per heavy atom. The zero-order valence-corrected chi connectivity index (χ0v) is 23.5. The number of aryl methyl sites for hydroxylation is 1. The van der Waals surface area contributed by atoms with E-state index in [1.165, 1.54) is 12.1 Å². The molecule has 0 fully saturated rings. The van der Waals surface area contributed by atoms with Crippen molar-refractivity contribution in [1.29, 1.82) is 0 Å². The molecule has 41 heavy (non-hydrogen) atoms. The molecule has 0 amide bonds. The molecule has 0 atom stereocenters. The molecule has 0 aromatic heterocycles. The summed E-state index contributed by atoms with van der Waals surface area (Å²) in [5.41, 5.74) is 2.31. The lowest BCUT2D eigenvalue weighted by Gasteiger charge is -2.11. The molecule has 0 aliphatic rings. The number of unbranched alkanes of at least 4 members (excludes halogenated alkanes) is 5. The summed E-state index contributed by atoms with van der Waals surface area (Å²) in [5.74, 6) is -0.654. The number of esters is 2. The Bertz CT molecular complexity index is 1320. The lowest BCUT2D eigenvalue weighted by molar-refractivity contribution is -0.137. The van der Waals surface area contributed by atoms with Crippen LogP contribution in [-0.2, 0) is 16.0 Å². The molecule has 0 aliphatic carbocycles. The highest BCUT2D eigenvalue weighted by Crippen LogP contribution is 2.29. The lowest BCUT2D eigenvalue weighted by Crippen LogP contribution is -2.10. The molecule has 0 saturated heterocycles. The van der Waals surface area contributed by atoms with Gasteiger partial charge in [-0.3, -0.25) is 4.79 Å². The Kier molecular flexibility index (Phi) is 12.8. The lowest BCUT2D eigenvalue weighted by atomic mass is 9.99. The van der Waals surface area contributed by atoms with Gasteiger partial charge in [0.1, 0.15) is 17.3 Å². The van der Waals surface area contributed by atoms with E-state index in [1.54, 1.807) is 42.5 Å². The molecular weight excluding hydrogens is 523 g/mol. The number of benzene rings is 3. The van der Waals surface area contributed by atoms with Gasteiger partial charge in [-0.05, 0) is 92.1 Å². The van der Waals surface area contributed by atoms with Crippen LogP contribution in [-0.4, -0.2) is 31.4 Å². The number of hydrogen-bond acceptors (Lipinski definition) is 6. The maximum absolute atomic E-state index is 14.8. The molecule has 3 rings (SSSR count). The van der Waals surface area contributed by atoms with E-state index in [-0.39, 0.29) is 17.1 Å². The van der Waals surface area contributed by atoms with Gasteiger partial charge in [0.05, 0.1) is 24.3 Å². The molecule has 216 valence electrons. The van der Waals surface area contributed by atoms with Gasteiger partial charge in [-0.25, -0.2) is 14.0 Å². The van der Waals surface area contributed by atoms with E-state index in [4.69, 9.17) is 14.2 Å². The second kappa shape index (κ2) is 16.8.